The van der Waals surface area contributed by atoms with Gasteiger partial charge in [-0.15, -0.1) is 0 Å². The maximum Gasteiger partial charge on any atom is 0.227 e. The van der Waals surface area contributed by atoms with Gasteiger partial charge in [-0.3, -0.25) is 9.78 Å². The van der Waals surface area contributed by atoms with Gasteiger partial charge in [0.1, 0.15) is 0 Å². The molecule has 0 bridgehead atoms. The molecule has 0 N–H and O–H groups in total. The Kier molecular flexibility index (Phi) is 4.32. The Bertz CT molecular complexity index is 918. The average Bonchev–Trinajstić information content (AvgIpc) is 3.30. The molecular weight excluding hydrogens is 326 g/mol. The fourth-order valence-corrected chi connectivity index (χ4v) is 3.69. The summed E-state index contributed by atoms with van der Waals surface area (Å²) < 4.78 is 2.10. The molecule has 3 aromatic rings. The quantitative estimate of drug-likeness (QED) is 0.727. The number of hydrogen-bond donors (Lipinski definition) is 0. The molecule has 1 saturated heterocycles. The Hall–Kier alpha value is -2.89. The van der Waals surface area contributed by atoms with Gasteiger partial charge in [0.15, 0.2) is 5.82 Å². The third kappa shape index (κ3) is 3.03. The molecule has 0 aromatic carbocycles. The highest BCUT2D eigenvalue weighted by Crippen LogP contribution is 2.33. The SMILES string of the molecule is CN(C)c1nc([C@@H]2CCCN2C(=O)Cc2cccnc2)cn2cccc12. The number of aromatic nitrogens is 3. The summed E-state index contributed by atoms with van der Waals surface area (Å²) >= 11 is 0. The van der Waals surface area contributed by atoms with Crippen molar-refractivity contribution in [2.75, 3.05) is 25.5 Å². The van der Waals surface area contributed by atoms with Crippen molar-refractivity contribution in [1.82, 2.24) is 19.3 Å². The van der Waals surface area contributed by atoms with E-state index in [0.717, 1.165) is 42.0 Å². The van der Waals surface area contributed by atoms with Crippen LogP contribution in [-0.4, -0.2) is 45.8 Å². The Morgan fingerprint density at radius 2 is 2.19 bits per heavy atom. The van der Waals surface area contributed by atoms with Crippen LogP contribution in [0.4, 0.5) is 5.82 Å². The molecule has 1 aliphatic heterocycles. The van der Waals surface area contributed by atoms with Crippen LogP contribution in [0.1, 0.15) is 30.1 Å². The Morgan fingerprint density at radius 3 is 2.96 bits per heavy atom. The summed E-state index contributed by atoms with van der Waals surface area (Å²) in [5.74, 6) is 1.07. The number of likely N-dealkylation sites (tertiary alicyclic amines) is 1. The number of anilines is 1. The molecule has 1 aliphatic rings. The van der Waals surface area contributed by atoms with E-state index in [2.05, 4.69) is 21.6 Å². The smallest absolute Gasteiger partial charge is 0.227 e. The monoisotopic (exact) mass is 349 g/mol. The Balaban J connectivity index is 1.64. The minimum Gasteiger partial charge on any atom is -0.361 e. The predicted octanol–water partition coefficient (Wildman–Crippen LogP) is 2.70. The van der Waals surface area contributed by atoms with E-state index in [1.54, 1.807) is 12.4 Å². The van der Waals surface area contributed by atoms with E-state index >= 15 is 0 Å². The molecule has 3 aromatic heterocycles. The zero-order valence-electron chi connectivity index (χ0n) is 15.2. The van der Waals surface area contributed by atoms with Gasteiger partial charge in [0.2, 0.25) is 5.91 Å². The first-order chi connectivity index (χ1) is 12.6. The minimum atomic E-state index is 0.0321. The first-order valence-electron chi connectivity index (χ1n) is 8.97. The molecule has 4 rings (SSSR count). The molecule has 1 fully saturated rings. The normalized spacial score (nSPS) is 17.0. The number of fused-ring (bicyclic) bond motifs is 1. The van der Waals surface area contributed by atoms with Crippen LogP contribution in [0.25, 0.3) is 5.52 Å². The number of pyridine rings is 1. The third-order valence-electron chi connectivity index (χ3n) is 4.93. The molecule has 1 amide bonds. The van der Waals surface area contributed by atoms with Crippen molar-refractivity contribution < 1.29 is 4.79 Å². The van der Waals surface area contributed by atoms with Crippen LogP contribution in [0.3, 0.4) is 0 Å². The summed E-state index contributed by atoms with van der Waals surface area (Å²) in [6.45, 7) is 0.784. The van der Waals surface area contributed by atoms with E-state index in [1.165, 1.54) is 0 Å². The molecule has 0 unspecified atom stereocenters. The summed E-state index contributed by atoms with van der Waals surface area (Å²) in [4.78, 5) is 25.9. The summed E-state index contributed by atoms with van der Waals surface area (Å²) in [6, 6.07) is 7.93. The Labute approximate surface area is 153 Å². The average molecular weight is 349 g/mol. The summed E-state index contributed by atoms with van der Waals surface area (Å²) in [6.07, 6.45) is 9.92. The van der Waals surface area contributed by atoms with Gasteiger partial charge in [-0.25, -0.2) is 4.98 Å². The topological polar surface area (TPSA) is 53.7 Å². The molecule has 6 nitrogen and oxygen atoms in total. The van der Waals surface area contributed by atoms with Crippen molar-refractivity contribution in [2.45, 2.75) is 25.3 Å². The molecule has 6 heteroatoms. The van der Waals surface area contributed by atoms with E-state index in [1.807, 2.05) is 48.3 Å². The number of rotatable bonds is 4. The maximum atomic E-state index is 12.9. The lowest BCUT2D eigenvalue weighted by Crippen LogP contribution is -2.32. The fraction of sp³-hybridized carbons (Fsp3) is 0.350. The minimum absolute atomic E-state index is 0.0321. The summed E-state index contributed by atoms with van der Waals surface area (Å²) in [7, 11) is 4.00. The number of carbonyl (C=O) groups excluding carboxylic acids is 1. The van der Waals surface area contributed by atoms with Crippen LogP contribution in [0.15, 0.2) is 49.1 Å². The number of carbonyl (C=O) groups is 1. The predicted molar refractivity (Wildman–Crippen MR) is 101 cm³/mol. The lowest BCUT2D eigenvalue weighted by molar-refractivity contribution is -0.131. The summed E-state index contributed by atoms with van der Waals surface area (Å²) in [5.41, 5.74) is 2.98. The lowest BCUT2D eigenvalue weighted by Gasteiger charge is -2.26. The van der Waals surface area contributed by atoms with Gasteiger partial charge < -0.3 is 14.2 Å². The standard InChI is InChI=1S/C20H23N5O/c1-23(2)20-18-8-4-10-24(18)14-16(22-20)17-7-5-11-25(17)19(26)12-15-6-3-9-21-13-15/h3-4,6,8-10,13-14,17H,5,7,11-12H2,1-2H3/t17-/m0/s1. The molecule has 0 spiro atoms. The number of hydrogen-bond acceptors (Lipinski definition) is 4. The van der Waals surface area contributed by atoms with Gasteiger partial charge in [0.05, 0.1) is 23.7 Å². The zero-order chi connectivity index (χ0) is 18.1. The number of amides is 1. The van der Waals surface area contributed by atoms with E-state index < -0.39 is 0 Å². The highest BCUT2D eigenvalue weighted by atomic mass is 16.2. The van der Waals surface area contributed by atoms with E-state index in [4.69, 9.17) is 4.98 Å². The van der Waals surface area contributed by atoms with Gasteiger partial charge in [-0.05, 0) is 36.6 Å². The van der Waals surface area contributed by atoms with Crippen molar-refractivity contribution >= 4 is 17.2 Å². The van der Waals surface area contributed by atoms with Crippen molar-refractivity contribution in [3.8, 4) is 0 Å². The first kappa shape index (κ1) is 16.6. The lowest BCUT2D eigenvalue weighted by atomic mass is 10.1. The van der Waals surface area contributed by atoms with Crippen molar-refractivity contribution in [2.24, 2.45) is 0 Å². The molecule has 0 aliphatic carbocycles. The van der Waals surface area contributed by atoms with Gasteiger partial charge in [-0.1, -0.05) is 6.07 Å². The van der Waals surface area contributed by atoms with Crippen LogP contribution >= 0.6 is 0 Å². The van der Waals surface area contributed by atoms with Crippen LogP contribution < -0.4 is 4.90 Å². The largest absolute Gasteiger partial charge is 0.361 e. The zero-order valence-corrected chi connectivity index (χ0v) is 15.2. The molecular formula is C20H23N5O. The molecule has 0 radical (unpaired) electrons. The van der Waals surface area contributed by atoms with Crippen molar-refractivity contribution in [1.29, 1.82) is 0 Å². The fourth-order valence-electron chi connectivity index (χ4n) is 3.69. The van der Waals surface area contributed by atoms with Crippen LogP contribution in [0.5, 0.6) is 0 Å². The maximum absolute atomic E-state index is 12.9. The van der Waals surface area contributed by atoms with Gasteiger partial charge in [0, 0.05) is 45.4 Å². The van der Waals surface area contributed by atoms with Crippen molar-refractivity contribution in [3.05, 3.63) is 60.3 Å². The molecule has 4 heterocycles. The van der Waals surface area contributed by atoms with Crippen LogP contribution in [-0.2, 0) is 11.2 Å². The Morgan fingerprint density at radius 1 is 1.31 bits per heavy atom. The molecule has 134 valence electrons. The highest BCUT2D eigenvalue weighted by Gasteiger charge is 2.31. The molecule has 1 atom stereocenters. The first-order valence-corrected chi connectivity index (χ1v) is 8.97. The molecule has 26 heavy (non-hydrogen) atoms. The second-order valence-electron chi connectivity index (χ2n) is 6.97. The highest BCUT2D eigenvalue weighted by molar-refractivity contribution is 5.79. The van der Waals surface area contributed by atoms with Crippen LogP contribution in [0, 0.1) is 0 Å². The number of nitrogens with zero attached hydrogens (tertiary/aromatic N) is 5. The van der Waals surface area contributed by atoms with E-state index in [0.29, 0.717) is 6.42 Å². The third-order valence-corrected chi connectivity index (χ3v) is 4.93. The van der Waals surface area contributed by atoms with Gasteiger partial charge >= 0.3 is 0 Å². The summed E-state index contributed by atoms with van der Waals surface area (Å²) in [5, 5.41) is 0. The molecule has 0 saturated carbocycles. The second-order valence-corrected chi connectivity index (χ2v) is 6.97. The second kappa shape index (κ2) is 6.78. The van der Waals surface area contributed by atoms with Crippen molar-refractivity contribution in [3.63, 3.8) is 0 Å². The van der Waals surface area contributed by atoms with E-state index in [9.17, 15) is 4.79 Å². The van der Waals surface area contributed by atoms with Gasteiger partial charge in [0.25, 0.3) is 0 Å². The van der Waals surface area contributed by atoms with Gasteiger partial charge in [-0.2, -0.15) is 0 Å². The van der Waals surface area contributed by atoms with Crippen LogP contribution in [0.2, 0.25) is 0 Å². The van der Waals surface area contributed by atoms with E-state index in [-0.39, 0.29) is 11.9 Å².